The second-order valence-corrected chi connectivity index (χ2v) is 18.9. The van der Waals surface area contributed by atoms with E-state index in [9.17, 15) is 19.8 Å². The Labute approximate surface area is 386 Å². The maximum atomic E-state index is 12.4. The molecule has 3 N–H and O–H groups in total. The van der Waals surface area contributed by atoms with Crippen molar-refractivity contribution in [1.29, 1.82) is 0 Å². The van der Waals surface area contributed by atoms with E-state index < -0.39 is 12.1 Å². The standard InChI is InChI=1S/C56H107NO5/c1-3-5-7-9-11-13-15-17-21-25-28-32-36-40-44-48-54(59)53(52-58)57-55(60)49-45-41-37-33-29-26-22-19-18-20-23-27-31-35-39-43-47-51-62-56(61)50-46-42-38-34-30-24-16-14-12-10-8-6-4-2/h14,16,44,48,53-54,58-59H,3-13,15,17-43,45-47,49-52H2,1-2H3,(H,57,60)/b16-14-,48-44+. The van der Waals surface area contributed by atoms with E-state index >= 15 is 0 Å². The van der Waals surface area contributed by atoms with Gasteiger partial charge in [-0.05, 0) is 57.8 Å². The zero-order chi connectivity index (χ0) is 45.1. The molecule has 366 valence electrons. The van der Waals surface area contributed by atoms with Crippen LogP contribution < -0.4 is 5.32 Å². The largest absolute Gasteiger partial charge is 0.466 e. The third kappa shape index (κ3) is 47.8. The first kappa shape index (κ1) is 60.3. The predicted molar refractivity (Wildman–Crippen MR) is 269 cm³/mol. The van der Waals surface area contributed by atoms with Gasteiger partial charge in [0.25, 0.3) is 0 Å². The fourth-order valence-corrected chi connectivity index (χ4v) is 8.45. The second-order valence-electron chi connectivity index (χ2n) is 18.9. The minimum atomic E-state index is -0.847. The molecule has 0 heterocycles. The lowest BCUT2D eigenvalue weighted by molar-refractivity contribution is -0.143. The summed E-state index contributed by atoms with van der Waals surface area (Å²) in [7, 11) is 0. The molecule has 1 amide bonds. The summed E-state index contributed by atoms with van der Waals surface area (Å²) >= 11 is 0. The number of rotatable bonds is 51. The van der Waals surface area contributed by atoms with Crippen LogP contribution >= 0.6 is 0 Å². The zero-order valence-corrected chi connectivity index (χ0v) is 41.6. The van der Waals surface area contributed by atoms with Crippen molar-refractivity contribution < 1.29 is 24.5 Å². The summed E-state index contributed by atoms with van der Waals surface area (Å²) in [4.78, 5) is 24.5. The first-order valence-electron chi connectivity index (χ1n) is 27.6. The lowest BCUT2D eigenvalue weighted by atomic mass is 10.0. The Morgan fingerprint density at radius 2 is 0.758 bits per heavy atom. The Balaban J connectivity index is 3.45. The molecule has 0 saturated carbocycles. The Morgan fingerprint density at radius 3 is 1.16 bits per heavy atom. The van der Waals surface area contributed by atoms with Crippen molar-refractivity contribution in [2.24, 2.45) is 0 Å². The number of esters is 1. The lowest BCUT2D eigenvalue weighted by Crippen LogP contribution is -2.45. The average molecular weight is 874 g/mol. The zero-order valence-electron chi connectivity index (χ0n) is 41.6. The summed E-state index contributed by atoms with van der Waals surface area (Å²) in [5, 5.41) is 23.1. The Hall–Kier alpha value is -1.66. The quantitative estimate of drug-likeness (QED) is 0.0321. The van der Waals surface area contributed by atoms with Crippen LogP contribution in [0.4, 0.5) is 0 Å². The molecule has 0 spiro atoms. The normalized spacial score (nSPS) is 12.8. The van der Waals surface area contributed by atoms with E-state index in [0.29, 0.717) is 19.4 Å². The van der Waals surface area contributed by atoms with Crippen molar-refractivity contribution in [3.63, 3.8) is 0 Å². The highest BCUT2D eigenvalue weighted by atomic mass is 16.5. The van der Waals surface area contributed by atoms with Crippen molar-refractivity contribution in [1.82, 2.24) is 5.32 Å². The maximum absolute atomic E-state index is 12.4. The number of unbranched alkanes of at least 4 members (excludes halogenated alkanes) is 38. The van der Waals surface area contributed by atoms with Crippen LogP contribution in [-0.4, -0.2) is 47.4 Å². The van der Waals surface area contributed by atoms with E-state index in [4.69, 9.17) is 4.74 Å². The third-order valence-corrected chi connectivity index (χ3v) is 12.7. The summed E-state index contributed by atoms with van der Waals surface area (Å²) in [6.45, 7) is 4.88. The van der Waals surface area contributed by atoms with Gasteiger partial charge in [-0.3, -0.25) is 9.59 Å². The number of carbonyl (C=O) groups is 2. The van der Waals surface area contributed by atoms with Gasteiger partial charge in [0.15, 0.2) is 0 Å². The van der Waals surface area contributed by atoms with E-state index in [1.54, 1.807) is 6.08 Å². The summed E-state index contributed by atoms with van der Waals surface area (Å²) in [6.07, 6.45) is 61.8. The highest BCUT2D eigenvalue weighted by Gasteiger charge is 2.18. The van der Waals surface area contributed by atoms with Crippen molar-refractivity contribution in [3.05, 3.63) is 24.3 Å². The lowest BCUT2D eigenvalue weighted by Gasteiger charge is -2.20. The van der Waals surface area contributed by atoms with Crippen LogP contribution in [0.3, 0.4) is 0 Å². The summed E-state index contributed by atoms with van der Waals surface area (Å²) in [5.41, 5.74) is 0. The molecule has 0 aromatic rings. The van der Waals surface area contributed by atoms with E-state index in [0.717, 1.165) is 44.9 Å². The van der Waals surface area contributed by atoms with Crippen molar-refractivity contribution >= 4 is 11.9 Å². The van der Waals surface area contributed by atoms with Gasteiger partial charge in [0.1, 0.15) is 0 Å². The minimum absolute atomic E-state index is 0.00486. The van der Waals surface area contributed by atoms with Gasteiger partial charge in [-0.2, -0.15) is 0 Å². The van der Waals surface area contributed by atoms with Gasteiger partial charge in [0.05, 0.1) is 25.4 Å². The number of carbonyl (C=O) groups excluding carboxylic acids is 2. The molecule has 0 aliphatic heterocycles. The molecular formula is C56H107NO5. The first-order chi connectivity index (χ1) is 30.5. The Kier molecular flexibility index (Phi) is 50.6. The number of hydrogen-bond donors (Lipinski definition) is 3. The number of ether oxygens (including phenoxy) is 1. The average Bonchev–Trinajstić information content (AvgIpc) is 3.27. The predicted octanol–water partition coefficient (Wildman–Crippen LogP) is 16.7. The van der Waals surface area contributed by atoms with E-state index in [1.807, 2.05) is 6.08 Å². The van der Waals surface area contributed by atoms with E-state index in [-0.39, 0.29) is 18.5 Å². The summed E-state index contributed by atoms with van der Waals surface area (Å²) in [5.74, 6) is -0.0775. The molecule has 0 aromatic carbocycles. The molecule has 62 heavy (non-hydrogen) atoms. The molecule has 0 fully saturated rings. The van der Waals surface area contributed by atoms with Gasteiger partial charge in [-0.25, -0.2) is 0 Å². The third-order valence-electron chi connectivity index (χ3n) is 12.7. The number of aliphatic hydroxyl groups is 2. The van der Waals surface area contributed by atoms with Gasteiger partial charge < -0.3 is 20.3 Å². The molecule has 0 bridgehead atoms. The van der Waals surface area contributed by atoms with Gasteiger partial charge in [-0.1, -0.05) is 250 Å². The first-order valence-corrected chi connectivity index (χ1v) is 27.6. The molecule has 0 aliphatic carbocycles. The molecule has 0 radical (unpaired) electrons. The molecule has 2 unspecified atom stereocenters. The summed E-state index contributed by atoms with van der Waals surface area (Å²) < 4.78 is 5.46. The van der Waals surface area contributed by atoms with E-state index in [2.05, 4.69) is 31.3 Å². The fraction of sp³-hybridized carbons (Fsp3) is 0.893. The number of hydrogen-bond acceptors (Lipinski definition) is 5. The van der Waals surface area contributed by atoms with Gasteiger partial charge in [0, 0.05) is 12.8 Å². The minimum Gasteiger partial charge on any atom is -0.466 e. The van der Waals surface area contributed by atoms with Crippen LogP contribution in [0.15, 0.2) is 24.3 Å². The van der Waals surface area contributed by atoms with Crippen LogP contribution in [0.1, 0.15) is 296 Å². The Bertz CT molecular complexity index is 966. The van der Waals surface area contributed by atoms with Crippen molar-refractivity contribution in [3.8, 4) is 0 Å². The van der Waals surface area contributed by atoms with Gasteiger partial charge in [0.2, 0.25) is 5.91 Å². The molecule has 0 saturated heterocycles. The smallest absolute Gasteiger partial charge is 0.305 e. The molecule has 0 rings (SSSR count). The summed E-state index contributed by atoms with van der Waals surface area (Å²) in [6, 6.07) is -0.631. The molecule has 2 atom stereocenters. The molecule has 0 aliphatic rings. The van der Waals surface area contributed by atoms with Crippen LogP contribution in [-0.2, 0) is 14.3 Å². The Morgan fingerprint density at radius 1 is 0.435 bits per heavy atom. The highest BCUT2D eigenvalue weighted by molar-refractivity contribution is 5.76. The second kappa shape index (κ2) is 52.0. The van der Waals surface area contributed by atoms with Crippen LogP contribution in [0.25, 0.3) is 0 Å². The van der Waals surface area contributed by atoms with Gasteiger partial charge >= 0.3 is 5.97 Å². The van der Waals surface area contributed by atoms with Crippen LogP contribution in [0, 0.1) is 0 Å². The number of amides is 1. The fourth-order valence-electron chi connectivity index (χ4n) is 8.45. The molecule has 6 heteroatoms. The van der Waals surface area contributed by atoms with Crippen molar-refractivity contribution in [2.45, 2.75) is 309 Å². The maximum Gasteiger partial charge on any atom is 0.305 e. The number of aliphatic hydroxyl groups excluding tert-OH is 2. The van der Waals surface area contributed by atoms with Gasteiger partial charge in [-0.15, -0.1) is 0 Å². The molecule has 6 nitrogen and oxygen atoms in total. The molecular weight excluding hydrogens is 767 g/mol. The van der Waals surface area contributed by atoms with E-state index in [1.165, 1.54) is 225 Å². The van der Waals surface area contributed by atoms with Crippen LogP contribution in [0.5, 0.6) is 0 Å². The number of allylic oxidation sites excluding steroid dienone is 3. The topological polar surface area (TPSA) is 95.9 Å². The van der Waals surface area contributed by atoms with Crippen molar-refractivity contribution in [2.75, 3.05) is 13.2 Å². The monoisotopic (exact) mass is 874 g/mol. The molecule has 0 aromatic heterocycles. The van der Waals surface area contributed by atoms with Crippen LogP contribution in [0.2, 0.25) is 0 Å². The SMILES string of the molecule is CCCCCC/C=C\CCCCCCCC(=O)OCCCCCCCCCCCCCCCCCCCC(=O)NC(CO)C(O)/C=C/CCCCCCCCCCCCCCC. The number of nitrogens with one attached hydrogen (secondary N) is 1. The highest BCUT2D eigenvalue weighted by Crippen LogP contribution is 2.16.